The number of benzene rings is 1. The minimum atomic E-state index is -0.794. The van der Waals surface area contributed by atoms with Crippen molar-refractivity contribution in [3.63, 3.8) is 0 Å². The summed E-state index contributed by atoms with van der Waals surface area (Å²) in [6.07, 6.45) is 3.14. The summed E-state index contributed by atoms with van der Waals surface area (Å²) in [6.45, 7) is 6.34. The smallest absolute Gasteiger partial charge is 0.325 e. The van der Waals surface area contributed by atoms with Crippen LogP contribution < -0.4 is 10.6 Å². The van der Waals surface area contributed by atoms with Crippen molar-refractivity contribution in [1.29, 1.82) is 0 Å². The second kappa shape index (κ2) is 7.09. The maximum atomic E-state index is 12.8. The number of rotatable bonds is 4. The van der Waals surface area contributed by atoms with Crippen molar-refractivity contribution < 1.29 is 14.4 Å². The van der Waals surface area contributed by atoms with Crippen LogP contribution in [0, 0.1) is 19.8 Å². The maximum Gasteiger partial charge on any atom is 0.325 e. The first kappa shape index (κ1) is 18.4. The molecule has 1 aliphatic carbocycles. The van der Waals surface area contributed by atoms with Crippen LogP contribution in [0.3, 0.4) is 0 Å². The molecule has 6 nitrogen and oxygen atoms in total. The summed E-state index contributed by atoms with van der Waals surface area (Å²) in [5.41, 5.74) is 2.51. The predicted molar refractivity (Wildman–Crippen MR) is 98.4 cm³/mol. The molecule has 1 aromatic rings. The topological polar surface area (TPSA) is 78.5 Å². The molecule has 2 aliphatic rings. The van der Waals surface area contributed by atoms with E-state index in [0.717, 1.165) is 28.9 Å². The van der Waals surface area contributed by atoms with Crippen molar-refractivity contribution in [3.05, 3.63) is 34.9 Å². The van der Waals surface area contributed by atoms with E-state index in [1.165, 1.54) is 5.56 Å². The summed E-state index contributed by atoms with van der Waals surface area (Å²) in [5.74, 6) is -0.00815. The van der Waals surface area contributed by atoms with Crippen LogP contribution in [0.5, 0.6) is 0 Å². The van der Waals surface area contributed by atoms with Crippen LogP contribution in [0.15, 0.2) is 18.2 Å². The quantitative estimate of drug-likeness (QED) is 0.813. The molecule has 2 fully saturated rings. The fourth-order valence-corrected chi connectivity index (χ4v) is 3.85. The van der Waals surface area contributed by atoms with Gasteiger partial charge in [-0.1, -0.05) is 30.7 Å². The molecule has 1 aromatic carbocycles. The number of hydrogen-bond acceptors (Lipinski definition) is 3. The van der Waals surface area contributed by atoms with Gasteiger partial charge in [-0.15, -0.1) is 0 Å². The Hall–Kier alpha value is -2.37. The first-order chi connectivity index (χ1) is 12.3. The van der Waals surface area contributed by atoms with Gasteiger partial charge >= 0.3 is 6.03 Å². The van der Waals surface area contributed by atoms with E-state index in [9.17, 15) is 14.4 Å². The number of nitrogens with zero attached hydrogens (tertiary/aromatic N) is 1. The van der Waals surface area contributed by atoms with E-state index in [1.54, 1.807) is 0 Å². The Kier molecular flexibility index (Phi) is 5.03. The summed E-state index contributed by atoms with van der Waals surface area (Å²) in [6, 6.07) is 5.59. The lowest BCUT2D eigenvalue weighted by Gasteiger charge is -2.33. The van der Waals surface area contributed by atoms with E-state index >= 15 is 0 Å². The third kappa shape index (κ3) is 3.59. The fraction of sp³-hybridized carbons (Fsp3) is 0.550. The molecule has 1 saturated carbocycles. The van der Waals surface area contributed by atoms with E-state index in [1.807, 2.05) is 26.0 Å². The second-order valence-corrected chi connectivity index (χ2v) is 7.79. The molecule has 1 spiro atoms. The van der Waals surface area contributed by atoms with Gasteiger partial charge in [0.2, 0.25) is 5.91 Å². The SMILES string of the molecule is Cc1ccc(CNC(=O)CN2C(=O)NC3(CCC(C)CC3)C2=O)c(C)c1. The van der Waals surface area contributed by atoms with Gasteiger partial charge in [0.15, 0.2) is 0 Å². The fourth-order valence-electron chi connectivity index (χ4n) is 3.85. The lowest BCUT2D eigenvalue weighted by molar-refractivity contribution is -0.136. The highest BCUT2D eigenvalue weighted by molar-refractivity contribution is 6.09. The Morgan fingerprint density at radius 2 is 1.96 bits per heavy atom. The van der Waals surface area contributed by atoms with Crippen molar-refractivity contribution in [1.82, 2.24) is 15.5 Å². The number of nitrogens with one attached hydrogen (secondary N) is 2. The second-order valence-electron chi connectivity index (χ2n) is 7.79. The minimum absolute atomic E-state index is 0.229. The molecule has 1 saturated heterocycles. The molecule has 6 heteroatoms. The number of carbonyl (C=O) groups is 3. The van der Waals surface area contributed by atoms with Crippen LogP contribution in [-0.2, 0) is 16.1 Å². The Labute approximate surface area is 154 Å². The molecule has 1 aliphatic heterocycles. The number of imide groups is 1. The van der Waals surface area contributed by atoms with Crippen LogP contribution in [0.2, 0.25) is 0 Å². The first-order valence-electron chi connectivity index (χ1n) is 9.28. The van der Waals surface area contributed by atoms with Crippen molar-refractivity contribution in [3.8, 4) is 0 Å². The van der Waals surface area contributed by atoms with Crippen LogP contribution in [0.25, 0.3) is 0 Å². The molecule has 0 atom stereocenters. The standard InChI is InChI=1S/C20H27N3O3/c1-13-6-8-20(9-7-13)18(25)23(19(26)22-20)12-17(24)21-11-16-5-4-14(2)10-15(16)3/h4-5,10,13H,6-9,11-12H2,1-3H3,(H,21,24)(H,22,26). The van der Waals surface area contributed by atoms with Gasteiger partial charge in [-0.3, -0.25) is 14.5 Å². The van der Waals surface area contributed by atoms with E-state index in [0.29, 0.717) is 25.3 Å². The number of hydrogen-bond donors (Lipinski definition) is 2. The van der Waals surface area contributed by atoms with Crippen LogP contribution in [0.4, 0.5) is 4.79 Å². The average Bonchev–Trinajstić information content (AvgIpc) is 2.81. The summed E-state index contributed by atoms with van der Waals surface area (Å²) in [7, 11) is 0. The van der Waals surface area contributed by atoms with Gasteiger partial charge in [0.1, 0.15) is 12.1 Å². The largest absolute Gasteiger partial charge is 0.350 e. The Morgan fingerprint density at radius 3 is 2.62 bits per heavy atom. The first-order valence-corrected chi connectivity index (χ1v) is 9.28. The van der Waals surface area contributed by atoms with Gasteiger partial charge in [-0.25, -0.2) is 4.79 Å². The third-order valence-electron chi connectivity index (χ3n) is 5.65. The lowest BCUT2D eigenvalue weighted by atomic mass is 9.77. The lowest BCUT2D eigenvalue weighted by Crippen LogP contribution is -2.49. The zero-order chi connectivity index (χ0) is 18.9. The molecule has 0 bridgehead atoms. The minimum Gasteiger partial charge on any atom is -0.350 e. The molecule has 0 radical (unpaired) electrons. The van der Waals surface area contributed by atoms with Crippen molar-refractivity contribution in [2.24, 2.45) is 5.92 Å². The molecule has 3 rings (SSSR count). The molecule has 26 heavy (non-hydrogen) atoms. The molecule has 0 unspecified atom stereocenters. The van der Waals surface area contributed by atoms with Gasteiger partial charge < -0.3 is 10.6 Å². The summed E-state index contributed by atoms with van der Waals surface area (Å²) in [4.78, 5) is 38.4. The summed E-state index contributed by atoms with van der Waals surface area (Å²) < 4.78 is 0. The molecule has 1 heterocycles. The highest BCUT2D eigenvalue weighted by Gasteiger charge is 2.52. The molecule has 140 valence electrons. The zero-order valence-corrected chi connectivity index (χ0v) is 15.7. The molecular formula is C20H27N3O3. The van der Waals surface area contributed by atoms with Crippen molar-refractivity contribution >= 4 is 17.8 Å². The van der Waals surface area contributed by atoms with Crippen molar-refractivity contribution in [2.45, 2.75) is 58.5 Å². The van der Waals surface area contributed by atoms with Gasteiger partial charge in [-0.05, 0) is 56.6 Å². The molecule has 4 amide bonds. The molecule has 0 aromatic heterocycles. The van der Waals surface area contributed by atoms with Crippen LogP contribution in [0.1, 0.15) is 49.3 Å². The maximum absolute atomic E-state index is 12.8. The van der Waals surface area contributed by atoms with E-state index in [2.05, 4.69) is 23.6 Å². The number of urea groups is 1. The van der Waals surface area contributed by atoms with E-state index in [4.69, 9.17) is 0 Å². The van der Waals surface area contributed by atoms with E-state index < -0.39 is 11.6 Å². The predicted octanol–water partition coefficient (Wildman–Crippen LogP) is 2.42. The Morgan fingerprint density at radius 1 is 1.27 bits per heavy atom. The average molecular weight is 357 g/mol. The third-order valence-corrected chi connectivity index (χ3v) is 5.65. The van der Waals surface area contributed by atoms with Gasteiger partial charge in [0.05, 0.1) is 0 Å². The number of amides is 4. The summed E-state index contributed by atoms with van der Waals surface area (Å²) >= 11 is 0. The molecular weight excluding hydrogens is 330 g/mol. The highest BCUT2D eigenvalue weighted by atomic mass is 16.2. The normalized spacial score (nSPS) is 25.5. The zero-order valence-electron chi connectivity index (χ0n) is 15.7. The van der Waals surface area contributed by atoms with Gasteiger partial charge in [-0.2, -0.15) is 0 Å². The Bertz CT molecular complexity index is 736. The van der Waals surface area contributed by atoms with Gasteiger partial charge in [0.25, 0.3) is 5.91 Å². The van der Waals surface area contributed by atoms with Crippen LogP contribution >= 0.6 is 0 Å². The monoisotopic (exact) mass is 357 g/mol. The number of carbonyl (C=O) groups excluding carboxylic acids is 3. The Balaban J connectivity index is 1.59. The van der Waals surface area contributed by atoms with Crippen molar-refractivity contribution in [2.75, 3.05) is 6.54 Å². The van der Waals surface area contributed by atoms with Gasteiger partial charge in [0, 0.05) is 6.54 Å². The van der Waals surface area contributed by atoms with E-state index in [-0.39, 0.29) is 18.4 Å². The number of aryl methyl sites for hydroxylation is 2. The molecule has 2 N–H and O–H groups in total. The highest BCUT2D eigenvalue weighted by Crippen LogP contribution is 2.36. The van der Waals surface area contributed by atoms with Crippen LogP contribution in [-0.4, -0.2) is 34.8 Å². The summed E-state index contributed by atoms with van der Waals surface area (Å²) in [5, 5.41) is 5.65.